The number of benzene rings is 1. The molecule has 0 bridgehead atoms. The molecule has 1 aromatic carbocycles. The van der Waals surface area contributed by atoms with Crippen LogP contribution in [-0.2, 0) is 9.47 Å². The summed E-state index contributed by atoms with van der Waals surface area (Å²) in [4.78, 5) is 31.6. The molecular weight excluding hydrogens is 372 g/mol. The highest BCUT2D eigenvalue weighted by atomic mass is 35.5. The van der Waals surface area contributed by atoms with Crippen molar-refractivity contribution in [3.63, 3.8) is 0 Å². The Balaban J connectivity index is 2.12. The Morgan fingerprint density at radius 2 is 1.78 bits per heavy atom. The van der Waals surface area contributed by atoms with Crippen LogP contribution in [0.4, 0.5) is 22.0 Å². The number of hydrogen-bond donors (Lipinski definition) is 2. The molecule has 0 saturated carbocycles. The lowest BCUT2D eigenvalue weighted by Gasteiger charge is -2.19. The number of nitrogens with zero attached hydrogens (tertiary/aromatic N) is 2. The monoisotopic (exact) mass is 392 g/mol. The number of anilines is 3. The van der Waals surface area contributed by atoms with Crippen LogP contribution in [0.5, 0.6) is 0 Å². The zero-order valence-corrected chi connectivity index (χ0v) is 16.3. The van der Waals surface area contributed by atoms with Crippen LogP contribution in [0, 0.1) is 0 Å². The Labute approximate surface area is 162 Å². The Morgan fingerprint density at radius 3 is 2.37 bits per heavy atom. The highest BCUT2D eigenvalue weighted by molar-refractivity contribution is 6.28. The molecule has 0 spiro atoms. The molecule has 2 rings (SSSR count). The summed E-state index contributed by atoms with van der Waals surface area (Å²) in [7, 11) is 0. The number of ether oxygens (including phenoxy) is 2. The van der Waals surface area contributed by atoms with Crippen molar-refractivity contribution in [2.45, 2.75) is 33.3 Å². The van der Waals surface area contributed by atoms with Crippen LogP contribution < -0.4 is 10.6 Å². The fraction of sp³-hybridized carbons (Fsp3) is 0.333. The predicted octanol–water partition coefficient (Wildman–Crippen LogP) is 4.40. The lowest BCUT2D eigenvalue weighted by molar-refractivity contribution is 0.0525. The number of rotatable bonds is 5. The summed E-state index contributed by atoms with van der Waals surface area (Å²) in [6.45, 7) is 7.29. The highest BCUT2D eigenvalue weighted by Gasteiger charge is 2.17. The van der Waals surface area contributed by atoms with E-state index in [1.54, 1.807) is 52.0 Å². The third-order valence-corrected chi connectivity index (χ3v) is 3.23. The number of nitrogens with one attached hydrogen (secondary N) is 2. The summed E-state index contributed by atoms with van der Waals surface area (Å²) in [6.07, 6.45) is 0.754. The van der Waals surface area contributed by atoms with Gasteiger partial charge in [-0.05, 0) is 63.6 Å². The van der Waals surface area contributed by atoms with Crippen molar-refractivity contribution in [2.75, 3.05) is 17.2 Å². The molecule has 9 heteroatoms. The zero-order chi connectivity index (χ0) is 20.0. The molecule has 2 N–H and O–H groups in total. The van der Waals surface area contributed by atoms with E-state index in [9.17, 15) is 9.59 Å². The van der Waals surface area contributed by atoms with Crippen LogP contribution in [0.3, 0.4) is 0 Å². The first kappa shape index (κ1) is 20.4. The van der Waals surface area contributed by atoms with Crippen LogP contribution in [0.1, 0.15) is 38.1 Å². The SMILES string of the molecule is CCOC(=O)c1cnc(Cl)nc1Nc1ccc(NC(=O)OC(C)(C)C)cc1. The van der Waals surface area contributed by atoms with E-state index in [2.05, 4.69) is 20.6 Å². The minimum Gasteiger partial charge on any atom is -0.462 e. The molecule has 27 heavy (non-hydrogen) atoms. The Hall–Kier alpha value is -2.87. The zero-order valence-electron chi connectivity index (χ0n) is 15.5. The lowest BCUT2D eigenvalue weighted by atomic mass is 10.2. The standard InChI is InChI=1S/C18H21ClN4O4/c1-5-26-15(24)13-10-20-16(19)23-14(13)21-11-6-8-12(9-7-11)22-17(25)27-18(2,3)4/h6-10H,5H2,1-4H3,(H,22,25)(H,20,21,23). The summed E-state index contributed by atoms with van der Waals surface area (Å²) in [5, 5.41) is 5.62. The van der Waals surface area contributed by atoms with E-state index < -0.39 is 17.7 Å². The molecule has 0 atom stereocenters. The van der Waals surface area contributed by atoms with Gasteiger partial charge in [0.1, 0.15) is 17.0 Å². The van der Waals surface area contributed by atoms with E-state index in [-0.39, 0.29) is 23.3 Å². The second-order valence-electron chi connectivity index (χ2n) is 6.45. The van der Waals surface area contributed by atoms with Crippen molar-refractivity contribution < 1.29 is 19.1 Å². The minimum atomic E-state index is -0.582. The molecular formula is C18H21ClN4O4. The van der Waals surface area contributed by atoms with E-state index in [4.69, 9.17) is 21.1 Å². The molecule has 1 heterocycles. The normalized spacial score (nSPS) is 10.9. The summed E-state index contributed by atoms with van der Waals surface area (Å²) in [5.74, 6) is -0.332. The fourth-order valence-electron chi connectivity index (χ4n) is 2.01. The number of carbonyl (C=O) groups is 2. The smallest absolute Gasteiger partial charge is 0.412 e. The second kappa shape index (κ2) is 8.68. The summed E-state index contributed by atoms with van der Waals surface area (Å²) in [5.41, 5.74) is 0.768. The van der Waals surface area contributed by atoms with Gasteiger partial charge in [0, 0.05) is 17.6 Å². The van der Waals surface area contributed by atoms with Gasteiger partial charge in [0.15, 0.2) is 0 Å². The average Bonchev–Trinajstić information content (AvgIpc) is 2.55. The van der Waals surface area contributed by atoms with Crippen molar-refractivity contribution in [3.05, 3.63) is 41.3 Å². The van der Waals surface area contributed by atoms with E-state index >= 15 is 0 Å². The van der Waals surface area contributed by atoms with Gasteiger partial charge >= 0.3 is 12.1 Å². The fourth-order valence-corrected chi connectivity index (χ4v) is 2.14. The third-order valence-electron chi connectivity index (χ3n) is 3.05. The maximum atomic E-state index is 12.0. The Bertz CT molecular complexity index is 819. The predicted molar refractivity (Wildman–Crippen MR) is 103 cm³/mol. The van der Waals surface area contributed by atoms with Crippen molar-refractivity contribution in [1.82, 2.24) is 9.97 Å². The Morgan fingerprint density at radius 1 is 1.15 bits per heavy atom. The van der Waals surface area contributed by atoms with Gasteiger partial charge < -0.3 is 14.8 Å². The number of carbonyl (C=O) groups excluding carboxylic acids is 2. The first-order valence-electron chi connectivity index (χ1n) is 8.24. The van der Waals surface area contributed by atoms with Crippen LogP contribution in [0.25, 0.3) is 0 Å². The maximum Gasteiger partial charge on any atom is 0.412 e. The topological polar surface area (TPSA) is 102 Å². The molecule has 0 aliphatic rings. The molecule has 0 aliphatic heterocycles. The van der Waals surface area contributed by atoms with Crippen molar-refractivity contribution in [1.29, 1.82) is 0 Å². The summed E-state index contributed by atoms with van der Waals surface area (Å²) < 4.78 is 10.2. The van der Waals surface area contributed by atoms with E-state index in [0.29, 0.717) is 11.4 Å². The van der Waals surface area contributed by atoms with Gasteiger partial charge in [0.05, 0.1) is 6.61 Å². The van der Waals surface area contributed by atoms with Crippen LogP contribution in [0.2, 0.25) is 5.28 Å². The van der Waals surface area contributed by atoms with E-state index in [0.717, 1.165) is 0 Å². The largest absolute Gasteiger partial charge is 0.462 e. The molecule has 0 fully saturated rings. The molecule has 8 nitrogen and oxygen atoms in total. The van der Waals surface area contributed by atoms with Crippen molar-refractivity contribution >= 4 is 40.9 Å². The highest BCUT2D eigenvalue weighted by Crippen LogP contribution is 2.22. The number of esters is 1. The molecule has 0 radical (unpaired) electrons. The quantitative estimate of drug-likeness (QED) is 0.574. The number of hydrogen-bond acceptors (Lipinski definition) is 7. The van der Waals surface area contributed by atoms with Crippen molar-refractivity contribution in [2.24, 2.45) is 0 Å². The molecule has 1 aromatic heterocycles. The van der Waals surface area contributed by atoms with E-state index in [1.807, 2.05) is 0 Å². The van der Waals surface area contributed by atoms with Gasteiger partial charge in [-0.1, -0.05) is 0 Å². The van der Waals surface area contributed by atoms with Crippen molar-refractivity contribution in [3.8, 4) is 0 Å². The number of halogens is 1. The maximum absolute atomic E-state index is 12.0. The third kappa shape index (κ3) is 6.41. The second-order valence-corrected chi connectivity index (χ2v) is 6.79. The molecule has 2 aromatic rings. The van der Waals surface area contributed by atoms with Gasteiger partial charge in [-0.2, -0.15) is 4.98 Å². The first-order chi connectivity index (χ1) is 12.7. The van der Waals surface area contributed by atoms with Crippen LogP contribution in [-0.4, -0.2) is 34.2 Å². The van der Waals surface area contributed by atoms with Gasteiger partial charge in [-0.3, -0.25) is 5.32 Å². The van der Waals surface area contributed by atoms with Gasteiger partial charge in [0.25, 0.3) is 0 Å². The molecule has 0 unspecified atom stereocenters. The van der Waals surface area contributed by atoms with Gasteiger partial charge in [-0.15, -0.1) is 0 Å². The molecule has 0 saturated heterocycles. The van der Waals surface area contributed by atoms with Gasteiger partial charge in [0.2, 0.25) is 5.28 Å². The lowest BCUT2D eigenvalue weighted by Crippen LogP contribution is -2.27. The van der Waals surface area contributed by atoms with Crippen LogP contribution in [0.15, 0.2) is 30.5 Å². The molecule has 1 amide bonds. The summed E-state index contributed by atoms with van der Waals surface area (Å²) in [6, 6.07) is 6.77. The average molecular weight is 393 g/mol. The minimum absolute atomic E-state index is 0.00578. The number of aromatic nitrogens is 2. The Kier molecular flexibility index (Phi) is 6.57. The first-order valence-corrected chi connectivity index (χ1v) is 8.62. The molecule has 144 valence electrons. The van der Waals surface area contributed by atoms with Crippen LogP contribution >= 0.6 is 11.6 Å². The number of amides is 1. The van der Waals surface area contributed by atoms with E-state index in [1.165, 1.54) is 6.20 Å². The summed E-state index contributed by atoms with van der Waals surface area (Å²) >= 11 is 5.82. The molecule has 0 aliphatic carbocycles. The van der Waals surface area contributed by atoms with Gasteiger partial charge in [-0.25, -0.2) is 14.6 Å².